The Bertz CT molecular complexity index is 836. The van der Waals surface area contributed by atoms with E-state index >= 15 is 0 Å². The summed E-state index contributed by atoms with van der Waals surface area (Å²) in [6.45, 7) is 0.555. The molecule has 2 heterocycles. The number of nitrogens with one attached hydrogen (secondary N) is 1. The highest BCUT2D eigenvalue weighted by Crippen LogP contribution is 2.21. The monoisotopic (exact) mass is 354 g/mol. The fourth-order valence-electron chi connectivity index (χ4n) is 2.25. The van der Waals surface area contributed by atoms with Gasteiger partial charge in [0.15, 0.2) is 0 Å². The molecule has 0 atom stereocenters. The molecule has 3 aromatic rings. The van der Waals surface area contributed by atoms with Gasteiger partial charge in [0.2, 0.25) is 0 Å². The summed E-state index contributed by atoms with van der Waals surface area (Å²) in [6, 6.07) is 13.3. The number of aromatic nitrogens is 3. The molecule has 0 bridgehead atoms. The zero-order valence-electron chi connectivity index (χ0n) is 13.8. The van der Waals surface area contributed by atoms with E-state index in [0.29, 0.717) is 17.9 Å². The van der Waals surface area contributed by atoms with E-state index in [1.807, 2.05) is 42.5 Å². The van der Waals surface area contributed by atoms with Crippen LogP contribution in [0, 0.1) is 0 Å². The molecule has 6 nitrogen and oxygen atoms in total. The highest BCUT2D eigenvalue weighted by atomic mass is 32.2. The average molecular weight is 354 g/mol. The van der Waals surface area contributed by atoms with Crippen molar-refractivity contribution in [2.45, 2.75) is 5.03 Å². The maximum Gasteiger partial charge on any atom is 0.254 e. The number of ether oxygens (including phenoxy) is 1. The van der Waals surface area contributed by atoms with Gasteiger partial charge in [-0.3, -0.25) is 4.79 Å². The number of hydrogen-bond donors (Lipinski definition) is 1. The molecule has 0 aliphatic rings. The molecule has 2 aromatic heterocycles. The predicted octanol–water partition coefficient (Wildman–Crippen LogP) is 2.80. The van der Waals surface area contributed by atoms with Crippen molar-refractivity contribution in [2.24, 2.45) is 0 Å². The lowest BCUT2D eigenvalue weighted by Crippen LogP contribution is -2.25. The second kappa shape index (κ2) is 8.34. The molecule has 0 aliphatic heterocycles. The van der Waals surface area contributed by atoms with Gasteiger partial charge in [-0.25, -0.2) is 9.67 Å². The Labute approximate surface area is 150 Å². The Morgan fingerprint density at radius 3 is 2.88 bits per heavy atom. The van der Waals surface area contributed by atoms with Crippen LogP contribution in [0.25, 0.3) is 5.69 Å². The van der Waals surface area contributed by atoms with Crippen molar-refractivity contribution in [3.05, 3.63) is 66.6 Å². The predicted molar refractivity (Wildman–Crippen MR) is 97.4 cm³/mol. The fraction of sp³-hybridized carbons (Fsp3) is 0.167. The normalized spacial score (nSPS) is 10.4. The first-order valence-electron chi connectivity index (χ1n) is 7.78. The van der Waals surface area contributed by atoms with Crippen molar-refractivity contribution < 1.29 is 9.53 Å². The van der Waals surface area contributed by atoms with Crippen LogP contribution in [-0.4, -0.2) is 40.1 Å². The Balaban J connectivity index is 1.56. The Morgan fingerprint density at radius 1 is 1.24 bits per heavy atom. The summed E-state index contributed by atoms with van der Waals surface area (Å²) < 4.78 is 6.96. The second-order valence-electron chi connectivity index (χ2n) is 5.12. The average Bonchev–Trinajstić information content (AvgIpc) is 3.16. The van der Waals surface area contributed by atoms with E-state index in [-0.39, 0.29) is 5.91 Å². The minimum absolute atomic E-state index is 0.150. The first-order chi connectivity index (χ1) is 12.3. The molecule has 3 rings (SSSR count). The zero-order valence-corrected chi connectivity index (χ0v) is 14.6. The van der Waals surface area contributed by atoms with E-state index in [1.54, 1.807) is 42.1 Å². The first-order valence-corrected chi connectivity index (χ1v) is 8.76. The van der Waals surface area contributed by atoms with E-state index < -0.39 is 0 Å². The van der Waals surface area contributed by atoms with Crippen LogP contribution >= 0.6 is 11.8 Å². The third-order valence-corrected chi connectivity index (χ3v) is 4.40. The summed E-state index contributed by atoms with van der Waals surface area (Å²) in [7, 11) is 1.61. The second-order valence-corrected chi connectivity index (χ2v) is 6.23. The van der Waals surface area contributed by atoms with Crippen LogP contribution in [0.1, 0.15) is 10.4 Å². The summed E-state index contributed by atoms with van der Waals surface area (Å²) >= 11 is 1.60. The number of rotatable bonds is 7. The van der Waals surface area contributed by atoms with Crippen molar-refractivity contribution in [2.75, 3.05) is 19.4 Å². The first kappa shape index (κ1) is 17.0. The number of methoxy groups -OCH3 is 1. The quantitative estimate of drug-likeness (QED) is 0.522. The molecule has 0 aliphatic carbocycles. The Kier molecular flexibility index (Phi) is 5.69. The Morgan fingerprint density at radius 2 is 2.08 bits per heavy atom. The molecule has 0 unspecified atom stereocenters. The fourth-order valence-corrected chi connectivity index (χ4v) is 2.97. The highest BCUT2D eigenvalue weighted by molar-refractivity contribution is 7.99. The lowest BCUT2D eigenvalue weighted by atomic mass is 10.3. The molecular weight excluding hydrogens is 336 g/mol. The Hall–Kier alpha value is -2.80. The molecule has 0 saturated heterocycles. The van der Waals surface area contributed by atoms with Gasteiger partial charge in [0.25, 0.3) is 5.91 Å². The number of para-hydroxylation sites is 2. The molecule has 128 valence electrons. The van der Waals surface area contributed by atoms with E-state index in [2.05, 4.69) is 15.4 Å². The van der Waals surface area contributed by atoms with Gasteiger partial charge in [-0.15, -0.1) is 11.8 Å². The summed E-state index contributed by atoms with van der Waals surface area (Å²) in [4.78, 5) is 16.5. The van der Waals surface area contributed by atoms with Crippen LogP contribution in [0.3, 0.4) is 0 Å². The van der Waals surface area contributed by atoms with Crippen LogP contribution in [0.4, 0.5) is 0 Å². The maximum absolute atomic E-state index is 12.2. The number of nitrogens with zero attached hydrogens (tertiary/aromatic N) is 3. The zero-order chi connectivity index (χ0) is 17.5. The highest BCUT2D eigenvalue weighted by Gasteiger charge is 2.11. The lowest BCUT2D eigenvalue weighted by Gasteiger charge is -2.07. The van der Waals surface area contributed by atoms with Crippen molar-refractivity contribution in [1.29, 1.82) is 0 Å². The van der Waals surface area contributed by atoms with Crippen molar-refractivity contribution >= 4 is 17.7 Å². The molecule has 1 amide bonds. The van der Waals surface area contributed by atoms with Crippen molar-refractivity contribution in [3.8, 4) is 11.4 Å². The maximum atomic E-state index is 12.2. The van der Waals surface area contributed by atoms with Gasteiger partial charge in [-0.2, -0.15) is 5.10 Å². The lowest BCUT2D eigenvalue weighted by molar-refractivity contribution is 0.0956. The standard InChI is InChI=1S/C18H18N4O2S/c1-24-16-7-3-2-6-15(16)22-13-14(12-21-22)18(23)20-10-11-25-17-8-4-5-9-19-17/h2-9,12-13H,10-11H2,1H3,(H,20,23). The smallest absolute Gasteiger partial charge is 0.254 e. The molecular formula is C18H18N4O2S. The van der Waals surface area contributed by atoms with Crippen LogP contribution in [0.2, 0.25) is 0 Å². The van der Waals surface area contributed by atoms with Gasteiger partial charge < -0.3 is 10.1 Å². The SMILES string of the molecule is COc1ccccc1-n1cc(C(=O)NCCSc2ccccn2)cn1. The summed E-state index contributed by atoms with van der Waals surface area (Å²) in [6.07, 6.45) is 5.00. The molecule has 0 radical (unpaired) electrons. The molecule has 1 aromatic carbocycles. The minimum Gasteiger partial charge on any atom is -0.494 e. The van der Waals surface area contributed by atoms with Gasteiger partial charge in [0.1, 0.15) is 11.4 Å². The van der Waals surface area contributed by atoms with E-state index in [4.69, 9.17) is 4.74 Å². The van der Waals surface area contributed by atoms with Crippen LogP contribution in [-0.2, 0) is 0 Å². The summed E-state index contributed by atoms with van der Waals surface area (Å²) in [5.74, 6) is 1.30. The minimum atomic E-state index is -0.150. The van der Waals surface area contributed by atoms with E-state index in [1.165, 1.54) is 0 Å². The topological polar surface area (TPSA) is 69.0 Å². The van der Waals surface area contributed by atoms with Gasteiger partial charge in [0.05, 0.1) is 23.9 Å². The van der Waals surface area contributed by atoms with Crippen LogP contribution in [0.15, 0.2) is 66.1 Å². The molecule has 1 N–H and O–H groups in total. The number of carbonyl (C=O) groups excluding carboxylic acids is 1. The summed E-state index contributed by atoms with van der Waals surface area (Å²) in [5, 5.41) is 8.09. The van der Waals surface area contributed by atoms with Crippen molar-refractivity contribution in [3.63, 3.8) is 0 Å². The third-order valence-electron chi connectivity index (χ3n) is 3.45. The summed E-state index contributed by atoms with van der Waals surface area (Å²) in [5.41, 5.74) is 1.29. The number of amides is 1. The molecule has 7 heteroatoms. The molecule has 0 saturated carbocycles. The van der Waals surface area contributed by atoms with E-state index in [0.717, 1.165) is 16.5 Å². The van der Waals surface area contributed by atoms with Crippen molar-refractivity contribution in [1.82, 2.24) is 20.1 Å². The number of benzene rings is 1. The van der Waals surface area contributed by atoms with Crippen LogP contribution < -0.4 is 10.1 Å². The third kappa shape index (κ3) is 4.39. The van der Waals surface area contributed by atoms with Gasteiger partial charge in [0, 0.05) is 24.7 Å². The van der Waals surface area contributed by atoms with Crippen LogP contribution in [0.5, 0.6) is 5.75 Å². The molecule has 0 spiro atoms. The van der Waals surface area contributed by atoms with Gasteiger partial charge in [-0.1, -0.05) is 18.2 Å². The number of carbonyl (C=O) groups is 1. The number of thioether (sulfide) groups is 1. The largest absolute Gasteiger partial charge is 0.494 e. The molecule has 0 fully saturated rings. The van der Waals surface area contributed by atoms with Gasteiger partial charge >= 0.3 is 0 Å². The molecule has 25 heavy (non-hydrogen) atoms. The van der Waals surface area contributed by atoms with E-state index in [9.17, 15) is 4.79 Å². The number of hydrogen-bond acceptors (Lipinski definition) is 5. The number of pyridine rings is 1. The van der Waals surface area contributed by atoms with Gasteiger partial charge in [-0.05, 0) is 24.3 Å².